The van der Waals surface area contributed by atoms with E-state index in [2.05, 4.69) is 26.3 Å². The maximum Gasteiger partial charge on any atom is 0.134 e. The second kappa shape index (κ2) is 5.87. The van der Waals surface area contributed by atoms with Gasteiger partial charge in [-0.1, -0.05) is 23.7 Å². The number of fused-ring (bicyclic) bond motifs is 1. The molecule has 1 aliphatic heterocycles. The van der Waals surface area contributed by atoms with Crippen LogP contribution in [0.25, 0.3) is 0 Å². The van der Waals surface area contributed by atoms with Crippen molar-refractivity contribution in [2.24, 2.45) is 0 Å². The predicted molar refractivity (Wildman–Crippen MR) is 83.5 cm³/mol. The molecule has 0 saturated carbocycles. The molecule has 1 aromatic heterocycles. The van der Waals surface area contributed by atoms with Gasteiger partial charge in [-0.05, 0) is 24.1 Å². The van der Waals surface area contributed by atoms with Gasteiger partial charge in [0.25, 0.3) is 0 Å². The van der Waals surface area contributed by atoms with Gasteiger partial charge >= 0.3 is 0 Å². The molecule has 1 atom stereocenters. The molecule has 6 heteroatoms. The van der Waals surface area contributed by atoms with Crippen LogP contribution in [0.1, 0.15) is 18.1 Å². The number of hydrogen-bond acceptors (Lipinski definition) is 5. The highest BCUT2D eigenvalue weighted by atomic mass is 35.5. The van der Waals surface area contributed by atoms with Crippen molar-refractivity contribution in [1.29, 1.82) is 0 Å². The van der Waals surface area contributed by atoms with E-state index in [1.165, 1.54) is 11.9 Å². The Balaban J connectivity index is 1.77. The second-order valence-corrected chi connectivity index (χ2v) is 5.63. The Morgan fingerprint density at radius 2 is 2.24 bits per heavy atom. The summed E-state index contributed by atoms with van der Waals surface area (Å²) in [7, 11) is 0. The fourth-order valence-electron chi connectivity index (χ4n) is 2.41. The van der Waals surface area contributed by atoms with E-state index in [0.29, 0.717) is 12.4 Å². The molecule has 3 rings (SSSR count). The normalized spacial score (nSPS) is 14.9. The van der Waals surface area contributed by atoms with Gasteiger partial charge in [-0.2, -0.15) is 0 Å². The maximum absolute atomic E-state index is 9.31. The van der Waals surface area contributed by atoms with Crippen molar-refractivity contribution in [2.75, 3.05) is 16.8 Å². The number of benzene rings is 1. The zero-order valence-corrected chi connectivity index (χ0v) is 12.5. The van der Waals surface area contributed by atoms with E-state index in [1.807, 2.05) is 18.2 Å². The number of rotatable bonds is 4. The fourth-order valence-corrected chi connectivity index (χ4v) is 2.67. The van der Waals surface area contributed by atoms with Gasteiger partial charge in [-0.3, -0.25) is 0 Å². The van der Waals surface area contributed by atoms with Crippen molar-refractivity contribution in [2.45, 2.75) is 26.1 Å². The molecule has 1 aromatic carbocycles. The summed E-state index contributed by atoms with van der Waals surface area (Å²) in [5, 5.41) is 13.2. The monoisotopic (exact) mass is 304 g/mol. The summed E-state index contributed by atoms with van der Waals surface area (Å²) in [6.07, 6.45) is 1.11. The highest BCUT2D eigenvalue weighted by Crippen LogP contribution is 2.31. The molecule has 1 aliphatic rings. The van der Waals surface area contributed by atoms with Gasteiger partial charge in [-0.25, -0.2) is 9.97 Å². The molecule has 5 nitrogen and oxygen atoms in total. The van der Waals surface area contributed by atoms with Crippen LogP contribution in [0.15, 0.2) is 30.6 Å². The molecule has 2 heterocycles. The quantitative estimate of drug-likeness (QED) is 0.908. The molecular weight excluding hydrogens is 288 g/mol. The predicted octanol–water partition coefficient (Wildman–Crippen LogP) is 2.44. The van der Waals surface area contributed by atoms with E-state index in [9.17, 15) is 5.11 Å². The first-order chi connectivity index (χ1) is 10.1. The minimum atomic E-state index is -0.418. The molecule has 0 radical (unpaired) electrons. The van der Waals surface area contributed by atoms with Crippen LogP contribution in [-0.4, -0.2) is 27.7 Å². The largest absolute Gasteiger partial charge is 0.392 e. The molecule has 1 unspecified atom stereocenters. The molecule has 2 aromatic rings. The van der Waals surface area contributed by atoms with Crippen LogP contribution in [-0.2, 0) is 13.1 Å². The Morgan fingerprint density at radius 3 is 3.00 bits per heavy atom. The molecule has 110 valence electrons. The molecule has 0 saturated heterocycles. The van der Waals surface area contributed by atoms with Crippen molar-refractivity contribution in [3.63, 3.8) is 0 Å². The first-order valence-electron chi connectivity index (χ1n) is 6.88. The smallest absolute Gasteiger partial charge is 0.134 e. The van der Waals surface area contributed by atoms with E-state index in [0.717, 1.165) is 29.5 Å². The zero-order valence-electron chi connectivity index (χ0n) is 11.8. The second-order valence-electron chi connectivity index (χ2n) is 5.22. The van der Waals surface area contributed by atoms with Gasteiger partial charge in [0.2, 0.25) is 0 Å². The SMILES string of the molecule is CC(O)CNc1cc(N2Cc3cccc(Cl)c3C2)ncn1. The van der Waals surface area contributed by atoms with Crippen LogP contribution in [0.3, 0.4) is 0 Å². The minimum Gasteiger partial charge on any atom is -0.392 e. The van der Waals surface area contributed by atoms with E-state index in [4.69, 9.17) is 11.6 Å². The van der Waals surface area contributed by atoms with Crippen LogP contribution < -0.4 is 10.2 Å². The molecular formula is C15H17ClN4O. The summed E-state index contributed by atoms with van der Waals surface area (Å²) >= 11 is 6.24. The van der Waals surface area contributed by atoms with Crippen LogP contribution in [0.5, 0.6) is 0 Å². The summed E-state index contributed by atoms with van der Waals surface area (Å²) in [6, 6.07) is 7.87. The number of nitrogens with one attached hydrogen (secondary N) is 1. The Kier molecular flexibility index (Phi) is 3.94. The van der Waals surface area contributed by atoms with Crippen molar-refractivity contribution in [3.8, 4) is 0 Å². The first kappa shape index (κ1) is 14.1. The van der Waals surface area contributed by atoms with Crippen molar-refractivity contribution < 1.29 is 5.11 Å². The van der Waals surface area contributed by atoms with E-state index in [1.54, 1.807) is 6.92 Å². The lowest BCUT2D eigenvalue weighted by molar-refractivity contribution is 0.208. The van der Waals surface area contributed by atoms with Crippen molar-refractivity contribution >= 4 is 23.2 Å². The number of aliphatic hydroxyl groups is 1. The van der Waals surface area contributed by atoms with Crippen LogP contribution in [0.2, 0.25) is 5.02 Å². The standard InChI is InChI=1S/C15H17ClN4O/c1-10(21)6-17-14-5-15(19-9-18-14)20-7-11-3-2-4-13(16)12(11)8-20/h2-5,9-10,21H,6-8H2,1H3,(H,17,18,19). The maximum atomic E-state index is 9.31. The minimum absolute atomic E-state index is 0.418. The topological polar surface area (TPSA) is 61.3 Å². The van der Waals surface area contributed by atoms with Gasteiger partial charge in [0.1, 0.15) is 18.0 Å². The molecule has 21 heavy (non-hydrogen) atoms. The lowest BCUT2D eigenvalue weighted by Gasteiger charge is -2.17. The number of anilines is 2. The molecule has 0 fully saturated rings. The average molecular weight is 305 g/mol. The lowest BCUT2D eigenvalue weighted by atomic mass is 10.1. The average Bonchev–Trinajstić information content (AvgIpc) is 2.91. The Morgan fingerprint density at radius 1 is 1.38 bits per heavy atom. The molecule has 0 spiro atoms. The third kappa shape index (κ3) is 3.09. The van der Waals surface area contributed by atoms with E-state index < -0.39 is 6.10 Å². The number of nitrogens with zero attached hydrogens (tertiary/aromatic N) is 3. The molecule has 0 aliphatic carbocycles. The number of aliphatic hydroxyl groups excluding tert-OH is 1. The fraction of sp³-hybridized carbons (Fsp3) is 0.333. The van der Waals surface area contributed by atoms with Crippen LogP contribution in [0, 0.1) is 0 Å². The molecule has 0 bridgehead atoms. The zero-order chi connectivity index (χ0) is 14.8. The van der Waals surface area contributed by atoms with Gasteiger partial charge in [0.05, 0.1) is 6.10 Å². The Bertz CT molecular complexity index is 647. The molecule has 2 N–H and O–H groups in total. The first-order valence-corrected chi connectivity index (χ1v) is 7.26. The third-order valence-electron chi connectivity index (χ3n) is 3.48. The van der Waals surface area contributed by atoms with Gasteiger partial charge < -0.3 is 15.3 Å². The Hall–Kier alpha value is -1.85. The van der Waals surface area contributed by atoms with Gasteiger partial charge in [0.15, 0.2) is 0 Å². The van der Waals surface area contributed by atoms with Crippen LogP contribution in [0.4, 0.5) is 11.6 Å². The summed E-state index contributed by atoms with van der Waals surface area (Å²) in [5.41, 5.74) is 2.40. The lowest BCUT2D eigenvalue weighted by Crippen LogP contribution is -2.18. The number of aromatic nitrogens is 2. The van der Waals surface area contributed by atoms with Crippen molar-refractivity contribution in [1.82, 2.24) is 9.97 Å². The third-order valence-corrected chi connectivity index (χ3v) is 3.84. The number of halogens is 1. The Labute approximate surface area is 128 Å². The van der Waals surface area contributed by atoms with Crippen LogP contribution >= 0.6 is 11.6 Å². The van der Waals surface area contributed by atoms with Gasteiger partial charge in [0, 0.05) is 30.7 Å². The summed E-state index contributed by atoms with van der Waals surface area (Å²) in [4.78, 5) is 10.7. The van der Waals surface area contributed by atoms with E-state index in [-0.39, 0.29) is 0 Å². The molecule has 0 amide bonds. The van der Waals surface area contributed by atoms with Crippen molar-refractivity contribution in [3.05, 3.63) is 46.7 Å². The highest BCUT2D eigenvalue weighted by molar-refractivity contribution is 6.31. The van der Waals surface area contributed by atoms with E-state index >= 15 is 0 Å². The summed E-state index contributed by atoms with van der Waals surface area (Å²) < 4.78 is 0. The summed E-state index contributed by atoms with van der Waals surface area (Å²) in [5.74, 6) is 1.56. The highest BCUT2D eigenvalue weighted by Gasteiger charge is 2.22. The van der Waals surface area contributed by atoms with Gasteiger partial charge in [-0.15, -0.1) is 0 Å². The summed E-state index contributed by atoms with van der Waals surface area (Å²) in [6.45, 7) is 3.74. The number of hydrogen-bond donors (Lipinski definition) is 2.